The number of carbonyl (C=O) groups excluding carboxylic acids is 9. The molecule has 1 aromatic rings. The van der Waals surface area contributed by atoms with Crippen molar-refractivity contribution >= 4 is 75.9 Å². The SMILES string of the molecule is CC(C)C[C@@H]1NC(=O)[C@H](CCCC(=O)O)NC(=O)C[S@](=O)C[C@@H](C(N)=O)NC(=O)CCCCNC(=O)[C@H](CC(N)=O)NC(=O)[C@](C)(CCC(=O)O)NC(=O)[C@H](Cc2ccc(O)cc2)NC1=O. The Bertz CT molecular complexity index is 1980. The Morgan fingerprint density at radius 2 is 1.39 bits per heavy atom. The van der Waals surface area contributed by atoms with Crippen LogP contribution in [0.2, 0.25) is 0 Å². The zero-order valence-corrected chi connectivity index (χ0v) is 37.8. The van der Waals surface area contributed by atoms with Crippen LogP contribution in [0.3, 0.4) is 0 Å². The number of phenolic OH excluding ortho intramolecular Hbond substituents is 1. The van der Waals surface area contributed by atoms with Crippen LogP contribution in [0.25, 0.3) is 0 Å². The van der Waals surface area contributed by atoms with Crippen LogP contribution in [-0.2, 0) is 70.0 Å². The second kappa shape index (κ2) is 27.0. The maximum atomic E-state index is 14.3. The minimum atomic E-state index is -2.16. The number of nitrogens with two attached hydrogens (primary N) is 2. The zero-order chi connectivity index (χ0) is 49.7. The van der Waals surface area contributed by atoms with Crippen LogP contribution in [0, 0.1) is 5.92 Å². The lowest BCUT2D eigenvalue weighted by molar-refractivity contribution is -0.141. The summed E-state index contributed by atoms with van der Waals surface area (Å²) < 4.78 is 13.1. The molecule has 0 radical (unpaired) electrons. The lowest BCUT2D eigenvalue weighted by atomic mass is 9.92. The van der Waals surface area contributed by atoms with Gasteiger partial charge in [0, 0.05) is 43.0 Å². The molecule has 25 heteroatoms. The summed E-state index contributed by atoms with van der Waals surface area (Å²) in [6.45, 7) is 4.47. The van der Waals surface area contributed by atoms with E-state index in [9.17, 15) is 72.3 Å². The molecule has 1 aromatic carbocycles. The lowest BCUT2D eigenvalue weighted by Crippen LogP contribution is -2.64. The first-order chi connectivity index (χ1) is 30.9. The molecule has 0 spiro atoms. The number of primary amides is 2. The standard InChI is InChI=1S/C41H61N9O15S/c1-22(2)17-26-38(62)48-27(18-23-10-12-24(51)13-11-23)39(63)50-41(3,15-14-34(57)58)40(64)49-28(19-30(42)52)36(60)44-16-5-4-8-31(53)46-29(35(43)59)20-66(65)21-32(54)45-25(37(61)47-26)7-6-9-33(55)56/h10-13,22,25-29,51H,4-9,14-21H2,1-3H3,(H2,42,52)(H2,43,59)(H,44,60)(H,45,54)(H,46,53)(H,47,61)(H,48,62)(H,49,64)(H,50,63)(H,55,56)(H,57,58)/t25-,26-,27-,28-,29-,41-,66+/m0/s1. The Hall–Kier alpha value is -6.66. The van der Waals surface area contributed by atoms with Gasteiger partial charge in [0.15, 0.2) is 0 Å². The number of amides is 9. The minimum Gasteiger partial charge on any atom is -0.508 e. The highest BCUT2D eigenvalue weighted by Gasteiger charge is 2.40. The third kappa shape index (κ3) is 20.5. The zero-order valence-electron chi connectivity index (χ0n) is 37.0. The van der Waals surface area contributed by atoms with Gasteiger partial charge >= 0.3 is 11.9 Å². The summed E-state index contributed by atoms with van der Waals surface area (Å²) >= 11 is 0. The fourth-order valence-electron chi connectivity index (χ4n) is 6.56. The van der Waals surface area contributed by atoms with E-state index in [1.54, 1.807) is 13.8 Å². The molecule has 1 aliphatic rings. The summed E-state index contributed by atoms with van der Waals surface area (Å²) in [7, 11) is -2.16. The normalized spacial score (nSPS) is 25.1. The van der Waals surface area contributed by atoms with E-state index in [1.807, 2.05) is 0 Å². The Morgan fingerprint density at radius 3 is 1.98 bits per heavy atom. The first-order valence-corrected chi connectivity index (χ1v) is 22.6. The second-order valence-corrected chi connectivity index (χ2v) is 18.0. The highest BCUT2D eigenvalue weighted by Crippen LogP contribution is 2.18. The number of carboxylic acid groups (broad SMARTS) is 2. The predicted molar refractivity (Wildman–Crippen MR) is 234 cm³/mol. The maximum Gasteiger partial charge on any atom is 0.303 e. The van der Waals surface area contributed by atoms with Crippen LogP contribution >= 0.6 is 0 Å². The Morgan fingerprint density at radius 1 is 0.773 bits per heavy atom. The van der Waals surface area contributed by atoms with Gasteiger partial charge in [-0.05, 0) is 69.1 Å². The molecule has 0 aromatic heterocycles. The molecule has 1 saturated heterocycles. The fraction of sp³-hybridized carbons (Fsp3) is 0.585. The van der Waals surface area contributed by atoms with E-state index >= 15 is 0 Å². The van der Waals surface area contributed by atoms with E-state index < -0.39 is 149 Å². The van der Waals surface area contributed by atoms with Gasteiger partial charge in [0.25, 0.3) is 0 Å². The number of carboxylic acids is 2. The molecule has 0 saturated carbocycles. The first kappa shape index (κ1) is 55.5. The predicted octanol–water partition coefficient (Wildman–Crippen LogP) is -3.19. The number of rotatable bonds is 14. The molecule has 2 rings (SSSR count). The molecule has 9 amide bonds. The number of phenols is 1. The quantitative estimate of drug-likeness (QED) is 0.0874. The van der Waals surface area contributed by atoms with Crippen LogP contribution in [-0.4, -0.2) is 138 Å². The Balaban J connectivity index is 2.69. The van der Waals surface area contributed by atoms with Gasteiger partial charge in [-0.3, -0.25) is 56.9 Å². The van der Waals surface area contributed by atoms with E-state index in [0.717, 1.165) is 6.92 Å². The number of nitrogens with one attached hydrogen (secondary N) is 7. The average Bonchev–Trinajstić information content (AvgIpc) is 3.21. The summed E-state index contributed by atoms with van der Waals surface area (Å²) in [5.41, 5.74) is 9.05. The summed E-state index contributed by atoms with van der Waals surface area (Å²) in [6.07, 6.45) is -3.14. The molecule has 66 heavy (non-hydrogen) atoms. The second-order valence-electron chi connectivity index (χ2n) is 16.5. The number of aromatic hydroxyl groups is 1. The van der Waals surface area contributed by atoms with Crippen LogP contribution in [0.4, 0.5) is 0 Å². The van der Waals surface area contributed by atoms with Gasteiger partial charge in [-0.2, -0.15) is 0 Å². The third-order valence-corrected chi connectivity index (χ3v) is 11.4. The average molecular weight is 952 g/mol. The molecule has 1 fully saturated rings. The van der Waals surface area contributed by atoms with Crippen LogP contribution in [0.15, 0.2) is 24.3 Å². The molecule has 0 unspecified atom stereocenters. The maximum absolute atomic E-state index is 14.3. The summed E-state index contributed by atoms with van der Waals surface area (Å²) in [5, 5.41) is 45.9. The van der Waals surface area contributed by atoms with Gasteiger partial charge < -0.3 is 64.0 Å². The molecule has 14 N–H and O–H groups in total. The van der Waals surface area contributed by atoms with E-state index in [2.05, 4.69) is 37.2 Å². The smallest absolute Gasteiger partial charge is 0.303 e. The van der Waals surface area contributed by atoms with Gasteiger partial charge in [-0.25, -0.2) is 0 Å². The monoisotopic (exact) mass is 951 g/mol. The number of carbonyl (C=O) groups is 11. The van der Waals surface area contributed by atoms with Crippen molar-refractivity contribution in [1.29, 1.82) is 0 Å². The molecule has 0 aliphatic carbocycles. The van der Waals surface area contributed by atoms with Gasteiger partial charge in [0.05, 0.1) is 12.2 Å². The van der Waals surface area contributed by atoms with Crippen LogP contribution in [0.1, 0.15) is 90.5 Å². The van der Waals surface area contributed by atoms with Crippen molar-refractivity contribution in [2.24, 2.45) is 17.4 Å². The molecule has 0 bridgehead atoms. The number of hydrogen-bond donors (Lipinski definition) is 12. The van der Waals surface area contributed by atoms with E-state index in [0.29, 0.717) is 5.56 Å². The van der Waals surface area contributed by atoms with Gasteiger partial charge in [-0.15, -0.1) is 0 Å². The van der Waals surface area contributed by atoms with Gasteiger partial charge in [-0.1, -0.05) is 26.0 Å². The molecular formula is C41H61N9O15S. The van der Waals surface area contributed by atoms with Crippen molar-refractivity contribution in [2.75, 3.05) is 18.1 Å². The van der Waals surface area contributed by atoms with Crippen LogP contribution in [0.5, 0.6) is 5.75 Å². The Kier molecular flexibility index (Phi) is 22.7. The lowest BCUT2D eigenvalue weighted by Gasteiger charge is -2.33. The summed E-state index contributed by atoms with van der Waals surface area (Å²) in [6, 6.07) is -2.16. The Labute approximate surface area is 382 Å². The topological polar surface area (TPSA) is 402 Å². The van der Waals surface area contributed by atoms with Crippen molar-refractivity contribution in [3.63, 3.8) is 0 Å². The largest absolute Gasteiger partial charge is 0.508 e. The third-order valence-electron chi connectivity index (χ3n) is 10.1. The number of aliphatic carboxylic acids is 2. The van der Waals surface area contributed by atoms with Gasteiger partial charge in [0.1, 0.15) is 47.3 Å². The molecule has 1 heterocycles. The molecule has 1 aliphatic heterocycles. The first-order valence-electron chi connectivity index (χ1n) is 21.1. The van der Waals surface area contributed by atoms with Crippen molar-refractivity contribution in [3.8, 4) is 5.75 Å². The number of benzene rings is 1. The number of hydrogen-bond acceptors (Lipinski definition) is 13. The van der Waals surface area contributed by atoms with Crippen molar-refractivity contribution < 1.29 is 72.3 Å². The fourth-order valence-corrected chi connectivity index (χ4v) is 7.67. The van der Waals surface area contributed by atoms with Crippen LogP contribution < -0.4 is 48.7 Å². The van der Waals surface area contributed by atoms with Crippen molar-refractivity contribution in [2.45, 2.75) is 127 Å². The molecule has 366 valence electrons. The highest BCUT2D eigenvalue weighted by atomic mass is 32.2. The summed E-state index contributed by atoms with van der Waals surface area (Å²) in [5.74, 6) is -13.1. The highest BCUT2D eigenvalue weighted by molar-refractivity contribution is 7.85. The van der Waals surface area contributed by atoms with Crippen molar-refractivity contribution in [3.05, 3.63) is 29.8 Å². The summed E-state index contributed by atoms with van der Waals surface area (Å²) in [4.78, 5) is 143. The van der Waals surface area contributed by atoms with E-state index in [-0.39, 0.29) is 63.2 Å². The van der Waals surface area contributed by atoms with E-state index in [4.69, 9.17) is 11.5 Å². The minimum absolute atomic E-state index is 0.0623. The molecular weight excluding hydrogens is 891 g/mol. The van der Waals surface area contributed by atoms with Gasteiger partial charge in [0.2, 0.25) is 53.2 Å². The molecule has 24 nitrogen and oxygen atoms in total. The molecule has 7 atom stereocenters. The van der Waals surface area contributed by atoms with Crippen molar-refractivity contribution in [1.82, 2.24) is 37.2 Å². The van der Waals surface area contributed by atoms with E-state index in [1.165, 1.54) is 24.3 Å².